The van der Waals surface area contributed by atoms with Crippen LogP contribution in [0.5, 0.6) is 0 Å². The van der Waals surface area contributed by atoms with Crippen molar-refractivity contribution in [2.24, 2.45) is 0 Å². The van der Waals surface area contributed by atoms with Crippen LogP contribution in [0.3, 0.4) is 0 Å². The van der Waals surface area contributed by atoms with E-state index in [0.717, 1.165) is 11.3 Å². The third kappa shape index (κ3) is 2.34. The molecular weight excluding hydrogens is 282 g/mol. The molecule has 7 nitrogen and oxygen atoms in total. The second-order valence-electron chi connectivity index (χ2n) is 5.15. The van der Waals surface area contributed by atoms with Gasteiger partial charge in [0.05, 0.1) is 0 Å². The number of nitrogens with zero attached hydrogens (tertiary/aromatic N) is 4. The van der Waals surface area contributed by atoms with Crippen molar-refractivity contribution in [1.29, 1.82) is 0 Å². The first-order valence-corrected chi connectivity index (χ1v) is 7.21. The van der Waals surface area contributed by atoms with Gasteiger partial charge in [0.15, 0.2) is 0 Å². The quantitative estimate of drug-likeness (QED) is 0.909. The van der Waals surface area contributed by atoms with Gasteiger partial charge in [0.25, 0.3) is 11.5 Å². The van der Waals surface area contributed by atoms with Gasteiger partial charge >= 0.3 is 0 Å². The third-order valence-corrected chi connectivity index (χ3v) is 3.62. The topological polar surface area (TPSA) is 80.1 Å². The van der Waals surface area contributed by atoms with Gasteiger partial charge in [-0.3, -0.25) is 14.2 Å². The summed E-state index contributed by atoms with van der Waals surface area (Å²) in [5, 5.41) is 10.5. The molecule has 1 aliphatic rings. The molecule has 7 heteroatoms. The van der Waals surface area contributed by atoms with Gasteiger partial charge in [-0.25, -0.2) is 0 Å². The van der Waals surface area contributed by atoms with Crippen molar-refractivity contribution in [3.05, 3.63) is 45.9 Å². The summed E-state index contributed by atoms with van der Waals surface area (Å²) >= 11 is 0. The molecule has 1 N–H and O–H groups in total. The fourth-order valence-electron chi connectivity index (χ4n) is 2.47. The number of hydrogen-bond donors (Lipinski definition) is 1. The summed E-state index contributed by atoms with van der Waals surface area (Å²) in [5.41, 5.74) is 1.57. The molecule has 1 amide bonds. The molecule has 0 saturated heterocycles. The van der Waals surface area contributed by atoms with E-state index in [0.29, 0.717) is 25.6 Å². The Morgan fingerprint density at radius 3 is 2.64 bits per heavy atom. The Morgan fingerprint density at radius 2 is 1.95 bits per heavy atom. The average Bonchev–Trinajstić information content (AvgIpc) is 2.93. The Bertz CT molecular complexity index is 766. The van der Waals surface area contributed by atoms with Crippen LogP contribution in [0.15, 0.2) is 29.1 Å². The largest absolute Gasteiger partial charge is 0.351 e. The van der Waals surface area contributed by atoms with Crippen LogP contribution in [-0.2, 0) is 6.54 Å². The molecule has 0 spiro atoms. The Hall–Kier alpha value is -2.70. The lowest BCUT2D eigenvalue weighted by molar-refractivity contribution is 0.0947. The maximum atomic E-state index is 12.4. The highest BCUT2D eigenvalue weighted by molar-refractivity contribution is 5.91. The van der Waals surface area contributed by atoms with E-state index in [4.69, 9.17) is 0 Å². The van der Waals surface area contributed by atoms with Crippen LogP contribution in [-0.4, -0.2) is 33.8 Å². The standard InChI is InChI=1S/C15H17N5O2/c1-3-16-13(21)12-14(22)20-9-8-19(15(20)18-17-12)11-6-4-10(2)5-7-11/h4-7H,3,8-9H2,1-2H3,(H,16,21). The van der Waals surface area contributed by atoms with Crippen LogP contribution < -0.4 is 15.8 Å². The number of aromatic nitrogens is 3. The van der Waals surface area contributed by atoms with Crippen molar-refractivity contribution in [1.82, 2.24) is 20.1 Å². The molecule has 0 fully saturated rings. The second kappa shape index (κ2) is 5.59. The van der Waals surface area contributed by atoms with E-state index in [-0.39, 0.29) is 5.69 Å². The van der Waals surface area contributed by atoms with E-state index in [1.807, 2.05) is 36.1 Å². The van der Waals surface area contributed by atoms with Crippen LogP contribution in [0.1, 0.15) is 23.0 Å². The summed E-state index contributed by atoms with van der Waals surface area (Å²) in [7, 11) is 0. The summed E-state index contributed by atoms with van der Waals surface area (Å²) in [6.07, 6.45) is 0. The summed E-state index contributed by atoms with van der Waals surface area (Å²) in [6.45, 7) is 5.37. The lowest BCUT2D eigenvalue weighted by Gasteiger charge is -2.16. The second-order valence-corrected chi connectivity index (χ2v) is 5.15. The van der Waals surface area contributed by atoms with Crippen molar-refractivity contribution < 1.29 is 4.79 Å². The van der Waals surface area contributed by atoms with Gasteiger partial charge in [0.1, 0.15) is 0 Å². The van der Waals surface area contributed by atoms with Gasteiger partial charge in [0.2, 0.25) is 11.6 Å². The number of anilines is 2. The molecule has 1 aromatic heterocycles. The smallest absolute Gasteiger partial charge is 0.286 e. The van der Waals surface area contributed by atoms with Crippen LogP contribution in [0.25, 0.3) is 0 Å². The number of carbonyl (C=O) groups excluding carboxylic acids is 1. The minimum Gasteiger partial charge on any atom is -0.351 e. The zero-order valence-electron chi connectivity index (χ0n) is 12.5. The molecule has 0 atom stereocenters. The molecule has 2 heterocycles. The Labute approximate surface area is 127 Å². The molecule has 0 unspecified atom stereocenters. The van der Waals surface area contributed by atoms with Crippen LogP contribution in [0.4, 0.5) is 11.6 Å². The van der Waals surface area contributed by atoms with Crippen molar-refractivity contribution >= 4 is 17.5 Å². The number of nitrogens with one attached hydrogen (secondary N) is 1. The molecule has 0 bridgehead atoms. The van der Waals surface area contributed by atoms with Crippen LogP contribution >= 0.6 is 0 Å². The molecule has 0 aliphatic carbocycles. The van der Waals surface area contributed by atoms with Gasteiger partial charge in [-0.15, -0.1) is 10.2 Å². The number of benzene rings is 1. The SMILES string of the molecule is CCNC(=O)c1nnc2n(c1=O)CCN2c1ccc(C)cc1. The molecule has 22 heavy (non-hydrogen) atoms. The highest BCUT2D eigenvalue weighted by Crippen LogP contribution is 2.26. The predicted octanol–water partition coefficient (Wildman–Crippen LogP) is 0.848. The van der Waals surface area contributed by atoms with E-state index < -0.39 is 11.5 Å². The first-order valence-electron chi connectivity index (χ1n) is 7.21. The summed E-state index contributed by atoms with van der Waals surface area (Å²) < 4.78 is 1.50. The van der Waals surface area contributed by atoms with Crippen LogP contribution in [0.2, 0.25) is 0 Å². The number of amides is 1. The van der Waals surface area contributed by atoms with Crippen molar-refractivity contribution in [2.75, 3.05) is 18.0 Å². The average molecular weight is 299 g/mol. The summed E-state index contributed by atoms with van der Waals surface area (Å²) in [4.78, 5) is 26.1. The summed E-state index contributed by atoms with van der Waals surface area (Å²) in [6, 6.07) is 7.98. The maximum Gasteiger partial charge on any atom is 0.286 e. The van der Waals surface area contributed by atoms with E-state index in [2.05, 4.69) is 15.5 Å². The lowest BCUT2D eigenvalue weighted by atomic mass is 10.2. The van der Waals surface area contributed by atoms with Gasteiger partial charge in [-0.1, -0.05) is 17.7 Å². The molecule has 3 rings (SSSR count). The summed E-state index contributed by atoms with van der Waals surface area (Å²) in [5.74, 6) is -0.00834. The molecule has 1 aliphatic heterocycles. The minimum absolute atomic E-state index is 0.156. The number of carbonyl (C=O) groups is 1. The van der Waals surface area contributed by atoms with Crippen molar-refractivity contribution in [3.8, 4) is 0 Å². The molecule has 114 valence electrons. The molecule has 0 radical (unpaired) electrons. The first-order chi connectivity index (χ1) is 10.6. The van der Waals surface area contributed by atoms with E-state index in [1.54, 1.807) is 6.92 Å². The van der Waals surface area contributed by atoms with E-state index in [9.17, 15) is 9.59 Å². The number of rotatable bonds is 3. The van der Waals surface area contributed by atoms with E-state index in [1.165, 1.54) is 4.57 Å². The van der Waals surface area contributed by atoms with Gasteiger partial charge in [-0.2, -0.15) is 0 Å². The van der Waals surface area contributed by atoms with Gasteiger partial charge in [-0.05, 0) is 26.0 Å². The van der Waals surface area contributed by atoms with Crippen molar-refractivity contribution in [2.45, 2.75) is 20.4 Å². The zero-order valence-corrected chi connectivity index (χ0v) is 12.5. The van der Waals surface area contributed by atoms with E-state index >= 15 is 0 Å². The Morgan fingerprint density at radius 1 is 1.23 bits per heavy atom. The fraction of sp³-hybridized carbons (Fsp3) is 0.333. The molecule has 2 aromatic rings. The minimum atomic E-state index is -0.482. The lowest BCUT2D eigenvalue weighted by Crippen LogP contribution is -2.34. The predicted molar refractivity (Wildman–Crippen MR) is 82.5 cm³/mol. The first kappa shape index (κ1) is 14.2. The number of aryl methyl sites for hydroxylation is 1. The molecular formula is C15H17N5O2. The fourth-order valence-corrected chi connectivity index (χ4v) is 2.47. The zero-order chi connectivity index (χ0) is 15.7. The highest BCUT2D eigenvalue weighted by Gasteiger charge is 2.26. The molecule has 1 aromatic carbocycles. The van der Waals surface area contributed by atoms with Gasteiger partial charge < -0.3 is 10.2 Å². The monoisotopic (exact) mass is 299 g/mol. The highest BCUT2D eigenvalue weighted by atomic mass is 16.2. The Kier molecular flexibility index (Phi) is 3.62. The normalized spacial score (nSPS) is 13.1. The number of hydrogen-bond acceptors (Lipinski definition) is 5. The number of fused-ring (bicyclic) bond motifs is 1. The Balaban J connectivity index is 1.99. The maximum absolute atomic E-state index is 12.4. The van der Waals surface area contributed by atoms with Crippen LogP contribution in [0, 0.1) is 6.92 Å². The van der Waals surface area contributed by atoms with Crippen molar-refractivity contribution in [3.63, 3.8) is 0 Å². The third-order valence-electron chi connectivity index (χ3n) is 3.62. The van der Waals surface area contributed by atoms with Gasteiger partial charge in [0, 0.05) is 25.3 Å². The molecule has 0 saturated carbocycles.